The van der Waals surface area contributed by atoms with Gasteiger partial charge in [-0.25, -0.2) is 14.4 Å². The lowest BCUT2D eigenvalue weighted by atomic mass is 10.0. The number of quaternary nitrogens is 1. The number of thioether (sulfide) groups is 2. The van der Waals surface area contributed by atoms with Crippen molar-refractivity contribution >= 4 is 70.0 Å². The second kappa shape index (κ2) is 15.1. The van der Waals surface area contributed by atoms with Crippen LogP contribution in [0.3, 0.4) is 0 Å². The molecule has 14 nitrogen and oxygen atoms in total. The first kappa shape index (κ1) is 33.2. The van der Waals surface area contributed by atoms with Crippen molar-refractivity contribution in [2.24, 2.45) is 0 Å². The van der Waals surface area contributed by atoms with Gasteiger partial charge in [-0.05, 0) is 30.4 Å². The number of rotatable bonds is 16. The van der Waals surface area contributed by atoms with Crippen molar-refractivity contribution < 1.29 is 39.2 Å². The molecule has 0 saturated carbocycles. The van der Waals surface area contributed by atoms with Gasteiger partial charge in [-0.15, -0.1) is 0 Å². The van der Waals surface area contributed by atoms with Gasteiger partial charge in [0.25, 0.3) is 11.4 Å². The van der Waals surface area contributed by atoms with Crippen molar-refractivity contribution in [1.29, 1.82) is 0 Å². The van der Waals surface area contributed by atoms with E-state index in [-0.39, 0.29) is 41.3 Å². The Morgan fingerprint density at radius 1 is 0.805 bits per heavy atom. The van der Waals surface area contributed by atoms with Crippen LogP contribution in [0.25, 0.3) is 0 Å². The molecule has 0 bridgehead atoms. The maximum absolute atomic E-state index is 14.2. The summed E-state index contributed by atoms with van der Waals surface area (Å²) in [4.78, 5) is 72.8. The molecule has 0 fully saturated rings. The molecule has 0 unspecified atom stereocenters. The van der Waals surface area contributed by atoms with Crippen LogP contribution >= 0.6 is 23.5 Å². The summed E-state index contributed by atoms with van der Waals surface area (Å²) >= 11 is 2.66. The minimum absolute atomic E-state index is 0.0343. The molecule has 16 heteroatoms. The summed E-state index contributed by atoms with van der Waals surface area (Å²) in [7, 11) is 0. The van der Waals surface area contributed by atoms with Crippen molar-refractivity contribution in [2.75, 3.05) is 24.0 Å². The first-order valence-electron chi connectivity index (χ1n) is 12.0. The third kappa shape index (κ3) is 8.02. The number of hydrogen-bond donors (Lipinski definition) is 3. The molecule has 2 aromatic carbocycles. The van der Waals surface area contributed by atoms with Crippen molar-refractivity contribution in [1.82, 2.24) is 9.80 Å². The number of nitro benzene ring substituents is 2. The van der Waals surface area contributed by atoms with E-state index in [9.17, 15) is 49.6 Å². The van der Waals surface area contributed by atoms with Crippen LogP contribution in [-0.4, -0.2) is 79.9 Å². The predicted octanol–water partition coefficient (Wildman–Crippen LogP) is 3.59. The van der Waals surface area contributed by atoms with Crippen LogP contribution in [0.5, 0.6) is 0 Å². The van der Waals surface area contributed by atoms with E-state index in [0.717, 1.165) is 24.3 Å². The summed E-state index contributed by atoms with van der Waals surface area (Å²) in [5.74, 6) is -4.00. The van der Waals surface area contributed by atoms with E-state index in [1.165, 1.54) is 47.8 Å². The Hall–Kier alpha value is -4.02. The summed E-state index contributed by atoms with van der Waals surface area (Å²) < 4.78 is -1.14. The number of hydrogen-bond acceptors (Lipinski definition) is 10. The normalized spacial score (nSPS) is 12.6. The van der Waals surface area contributed by atoms with Crippen LogP contribution in [0.1, 0.15) is 19.3 Å². The highest BCUT2D eigenvalue weighted by Gasteiger charge is 2.52. The molecule has 0 heterocycles. The van der Waals surface area contributed by atoms with E-state index in [1.807, 2.05) is 0 Å². The third-order valence-corrected chi connectivity index (χ3v) is 7.52. The lowest BCUT2D eigenvalue weighted by molar-refractivity contribution is -0.385. The molecular formula is C25H29N4O10S2+. The zero-order chi connectivity index (χ0) is 30.7. The molecular weight excluding hydrogens is 580 g/mol. The van der Waals surface area contributed by atoms with Gasteiger partial charge in [-0.1, -0.05) is 0 Å². The molecule has 0 spiro atoms. The van der Waals surface area contributed by atoms with Crippen LogP contribution < -0.4 is 9.80 Å². The second-order valence-corrected chi connectivity index (χ2v) is 10.7. The summed E-state index contributed by atoms with van der Waals surface area (Å²) in [5, 5.41) is 44.8. The molecule has 2 aromatic rings. The number of aliphatic carboxylic acids is 2. The minimum Gasteiger partial charge on any atom is -0.480 e. The van der Waals surface area contributed by atoms with E-state index in [2.05, 4.69) is 5.32 Å². The summed E-state index contributed by atoms with van der Waals surface area (Å²) in [6, 6.07) is 6.26. The number of carbonyl (C=O) groups excluding carboxylic acids is 2. The quantitative estimate of drug-likeness (QED) is 0.108. The van der Waals surface area contributed by atoms with Gasteiger partial charge in [0.2, 0.25) is 11.9 Å². The fourth-order valence-corrected chi connectivity index (χ4v) is 5.23. The van der Waals surface area contributed by atoms with Gasteiger partial charge in [-0.3, -0.25) is 25.0 Å². The minimum atomic E-state index is -1.56. The van der Waals surface area contributed by atoms with Crippen molar-refractivity contribution in [2.45, 2.75) is 31.3 Å². The standard InChI is InChI=1S/C25H28N4O10S2/c1-40-13-11-20(24(32)33)26-22(30)15-23(31)29(21(25(34)35)12-14-41-2,18-7-3-16(4-8-18)27(36)37)19-9-5-17(6-10-19)28(38)39/h3-10,20-21H,11-15H2,1-2H3,(H2-,26,30,32,33,34,35)/p+1/t20-,21-/m0/s1. The number of non-ortho nitro benzene ring substituents is 2. The smallest absolute Gasteiger partial charge is 0.363 e. The Balaban J connectivity index is 2.79. The topological polar surface area (TPSA) is 207 Å². The largest absolute Gasteiger partial charge is 0.480 e. The zero-order valence-electron chi connectivity index (χ0n) is 22.1. The van der Waals surface area contributed by atoms with E-state index in [1.54, 1.807) is 12.5 Å². The number of carbonyl (C=O) groups is 4. The van der Waals surface area contributed by atoms with Gasteiger partial charge >= 0.3 is 17.8 Å². The SMILES string of the molecule is CSCC[C@H](NC(=O)CC(=O)[N+](c1ccc([N+](=O)[O-])cc1)(c1ccc([N+](=O)[O-])cc1)[C@@H](CCSC)C(=O)O)C(=O)O. The maximum atomic E-state index is 14.2. The van der Waals surface area contributed by atoms with Crippen LogP contribution in [-0.2, 0) is 19.2 Å². The molecule has 2 atom stereocenters. The van der Waals surface area contributed by atoms with E-state index < -0.39 is 56.6 Å². The second-order valence-electron chi connectivity index (χ2n) is 8.72. The lowest BCUT2D eigenvalue weighted by Crippen LogP contribution is -2.61. The molecule has 3 N–H and O–H groups in total. The molecule has 0 saturated heterocycles. The molecule has 0 aliphatic carbocycles. The van der Waals surface area contributed by atoms with Crippen LogP contribution in [0.4, 0.5) is 22.7 Å². The van der Waals surface area contributed by atoms with Crippen LogP contribution in [0, 0.1) is 20.2 Å². The Labute approximate surface area is 243 Å². The fourth-order valence-electron chi connectivity index (χ4n) is 4.30. The molecule has 0 aliphatic rings. The average Bonchev–Trinajstić information content (AvgIpc) is 2.93. The molecule has 2 amide bonds. The van der Waals surface area contributed by atoms with Crippen LogP contribution in [0.15, 0.2) is 48.5 Å². The molecule has 2 rings (SSSR count). The molecule has 220 valence electrons. The van der Waals surface area contributed by atoms with Gasteiger partial charge in [0.1, 0.15) is 23.8 Å². The van der Waals surface area contributed by atoms with Gasteiger partial charge in [0, 0.05) is 55.0 Å². The first-order valence-corrected chi connectivity index (χ1v) is 14.8. The zero-order valence-corrected chi connectivity index (χ0v) is 23.8. The van der Waals surface area contributed by atoms with Crippen molar-refractivity contribution in [3.8, 4) is 0 Å². The number of carboxylic acids is 2. The number of nitrogens with one attached hydrogen (secondary N) is 1. The summed E-state index contributed by atoms with van der Waals surface area (Å²) in [6.45, 7) is 0. The highest BCUT2D eigenvalue weighted by Crippen LogP contribution is 2.41. The molecule has 0 radical (unpaired) electrons. The van der Waals surface area contributed by atoms with Crippen LogP contribution in [0.2, 0.25) is 0 Å². The van der Waals surface area contributed by atoms with Crippen molar-refractivity contribution in [3.05, 3.63) is 68.8 Å². The summed E-state index contributed by atoms with van der Waals surface area (Å²) in [5.41, 5.74) is -0.745. The summed E-state index contributed by atoms with van der Waals surface area (Å²) in [6.07, 6.45) is 2.52. The number of carboxylic acid groups (broad SMARTS) is 2. The van der Waals surface area contributed by atoms with Gasteiger partial charge in [-0.2, -0.15) is 28.0 Å². The number of nitro groups is 2. The maximum Gasteiger partial charge on any atom is 0.363 e. The monoisotopic (exact) mass is 609 g/mol. The number of benzene rings is 2. The Kier molecular flexibility index (Phi) is 12.2. The Bertz CT molecular complexity index is 1230. The molecule has 0 aliphatic heterocycles. The Morgan fingerprint density at radius 3 is 1.61 bits per heavy atom. The van der Waals surface area contributed by atoms with Gasteiger partial charge < -0.3 is 15.5 Å². The highest BCUT2D eigenvalue weighted by atomic mass is 32.2. The Morgan fingerprint density at radius 2 is 1.24 bits per heavy atom. The molecule has 41 heavy (non-hydrogen) atoms. The highest BCUT2D eigenvalue weighted by molar-refractivity contribution is 7.98. The van der Waals surface area contributed by atoms with Gasteiger partial charge in [0.15, 0.2) is 0 Å². The van der Waals surface area contributed by atoms with E-state index in [0.29, 0.717) is 5.75 Å². The lowest BCUT2D eigenvalue weighted by Gasteiger charge is -2.39. The molecule has 0 aromatic heterocycles. The van der Waals surface area contributed by atoms with E-state index in [4.69, 9.17) is 0 Å². The third-order valence-electron chi connectivity index (χ3n) is 6.23. The number of amides is 2. The first-order chi connectivity index (χ1) is 19.4. The van der Waals surface area contributed by atoms with E-state index >= 15 is 0 Å². The fraction of sp³-hybridized carbons (Fsp3) is 0.360. The average molecular weight is 610 g/mol. The van der Waals surface area contributed by atoms with Gasteiger partial charge in [0.05, 0.1) is 9.85 Å². The number of nitrogens with zero attached hydrogens (tertiary/aromatic N) is 3. The predicted molar refractivity (Wildman–Crippen MR) is 154 cm³/mol. The van der Waals surface area contributed by atoms with Crippen molar-refractivity contribution in [3.63, 3.8) is 0 Å².